The van der Waals surface area contributed by atoms with Crippen LogP contribution in [0.2, 0.25) is 0 Å². The Kier molecular flexibility index (Phi) is 6.37. The molecule has 2 unspecified atom stereocenters. The fourth-order valence-electron chi connectivity index (χ4n) is 6.87. The van der Waals surface area contributed by atoms with Gasteiger partial charge in [0.15, 0.2) is 0 Å². The zero-order valence-electron chi connectivity index (χ0n) is 22.7. The van der Waals surface area contributed by atoms with E-state index in [-0.39, 0.29) is 35.4 Å². The molecule has 196 valence electrons. The highest BCUT2D eigenvalue weighted by Gasteiger charge is 2.46. The van der Waals surface area contributed by atoms with E-state index >= 15 is 0 Å². The number of benzene rings is 3. The number of hydrogen-bond donors (Lipinski definition) is 0. The molecule has 2 heterocycles. The maximum Gasteiger partial charge on any atom is 0.410 e. The van der Waals surface area contributed by atoms with Gasteiger partial charge in [-0.15, -0.1) is 0 Å². The van der Waals surface area contributed by atoms with Crippen LogP contribution in [0.1, 0.15) is 74.6 Å². The quantitative estimate of drug-likeness (QED) is 0.364. The summed E-state index contributed by atoms with van der Waals surface area (Å²) in [5.74, 6) is 0.387. The Bertz CT molecular complexity index is 1290. The molecule has 0 spiro atoms. The number of rotatable bonds is 5. The summed E-state index contributed by atoms with van der Waals surface area (Å²) in [6.07, 6.45) is 3.67. The van der Waals surface area contributed by atoms with E-state index in [0.29, 0.717) is 18.8 Å². The monoisotopic (exact) mass is 507 g/mol. The molecular formula is C34H37NO3. The van der Waals surface area contributed by atoms with Crippen molar-refractivity contribution in [3.63, 3.8) is 0 Å². The molecule has 1 aliphatic carbocycles. The van der Waals surface area contributed by atoms with Crippen LogP contribution in [0.3, 0.4) is 0 Å². The van der Waals surface area contributed by atoms with Gasteiger partial charge in [-0.1, -0.05) is 93.6 Å². The molecule has 38 heavy (non-hydrogen) atoms. The minimum atomic E-state index is -0.219. The molecule has 1 amide bonds. The van der Waals surface area contributed by atoms with Crippen molar-refractivity contribution in [2.75, 3.05) is 6.61 Å². The van der Waals surface area contributed by atoms with E-state index in [1.807, 2.05) is 4.90 Å². The first-order valence-electron chi connectivity index (χ1n) is 14.0. The van der Waals surface area contributed by atoms with E-state index < -0.39 is 0 Å². The van der Waals surface area contributed by atoms with Gasteiger partial charge in [0.1, 0.15) is 12.4 Å². The van der Waals surface area contributed by atoms with Crippen molar-refractivity contribution in [1.29, 1.82) is 0 Å². The molecule has 3 aromatic carbocycles. The smallest absolute Gasteiger partial charge is 0.410 e. The van der Waals surface area contributed by atoms with E-state index in [1.54, 1.807) is 0 Å². The summed E-state index contributed by atoms with van der Waals surface area (Å²) in [5.41, 5.74) is 7.38. The molecule has 2 saturated heterocycles. The molecule has 3 aliphatic rings. The second-order valence-electron chi connectivity index (χ2n) is 12.4. The van der Waals surface area contributed by atoms with Gasteiger partial charge in [-0.05, 0) is 64.5 Å². The normalized spacial score (nSPS) is 22.2. The predicted molar refractivity (Wildman–Crippen MR) is 150 cm³/mol. The highest BCUT2D eigenvalue weighted by atomic mass is 16.6. The summed E-state index contributed by atoms with van der Waals surface area (Å²) in [7, 11) is 0. The maximum absolute atomic E-state index is 13.3. The van der Waals surface area contributed by atoms with Gasteiger partial charge in [-0.3, -0.25) is 4.79 Å². The van der Waals surface area contributed by atoms with Crippen LogP contribution < -0.4 is 0 Å². The number of ether oxygens (including phenoxy) is 1. The maximum atomic E-state index is 13.3. The number of amides is 1. The number of carbonyl (C=O) groups is 2. The summed E-state index contributed by atoms with van der Waals surface area (Å²) >= 11 is 0. The zero-order valence-corrected chi connectivity index (χ0v) is 22.7. The lowest BCUT2D eigenvalue weighted by atomic mass is 9.84. The van der Waals surface area contributed by atoms with Gasteiger partial charge in [-0.25, -0.2) is 4.79 Å². The van der Waals surface area contributed by atoms with Gasteiger partial charge < -0.3 is 9.64 Å². The van der Waals surface area contributed by atoms with Gasteiger partial charge >= 0.3 is 6.09 Å². The first-order valence-corrected chi connectivity index (χ1v) is 14.0. The molecule has 3 aromatic rings. The first-order chi connectivity index (χ1) is 18.3. The number of fused-ring (bicyclic) bond motifs is 5. The van der Waals surface area contributed by atoms with Crippen LogP contribution in [0.15, 0.2) is 72.8 Å². The fraction of sp³-hybridized carbons (Fsp3) is 0.412. The molecule has 4 heteroatoms. The fourth-order valence-corrected chi connectivity index (χ4v) is 6.87. The van der Waals surface area contributed by atoms with Gasteiger partial charge in [-0.2, -0.15) is 0 Å². The average molecular weight is 508 g/mol. The number of carbonyl (C=O) groups excluding carboxylic acids is 2. The third-order valence-electron chi connectivity index (χ3n) is 8.93. The number of Topliss-reactive ketones (excluding diaryl/α,β-unsaturated/α-hetero) is 1. The summed E-state index contributed by atoms with van der Waals surface area (Å²) in [6, 6.07) is 25.5. The van der Waals surface area contributed by atoms with Crippen LogP contribution in [0.25, 0.3) is 11.1 Å². The standard InChI is InChI=1S/C34H37NO3/c1-34(2,3)24-14-12-22(13-15-24)18-32(36)23-19-25-16-17-26(20-23)35(25)33(37)38-21-31-29-10-6-4-8-27(29)28-9-5-7-11-30(28)31/h4-15,23,25-26,31H,16-21H2,1-3H3. The van der Waals surface area contributed by atoms with Crippen molar-refractivity contribution in [3.05, 3.63) is 95.1 Å². The third kappa shape index (κ3) is 4.55. The van der Waals surface area contributed by atoms with Crippen LogP contribution >= 0.6 is 0 Å². The van der Waals surface area contributed by atoms with Crippen molar-refractivity contribution in [3.8, 4) is 11.1 Å². The van der Waals surface area contributed by atoms with Crippen molar-refractivity contribution in [1.82, 2.24) is 4.90 Å². The minimum absolute atomic E-state index is 0.0208. The van der Waals surface area contributed by atoms with Crippen molar-refractivity contribution < 1.29 is 14.3 Å². The molecule has 2 bridgehead atoms. The average Bonchev–Trinajstić information content (AvgIpc) is 3.37. The van der Waals surface area contributed by atoms with Gasteiger partial charge in [0, 0.05) is 30.3 Å². The molecule has 4 nitrogen and oxygen atoms in total. The van der Waals surface area contributed by atoms with Gasteiger partial charge in [0.05, 0.1) is 0 Å². The van der Waals surface area contributed by atoms with Crippen LogP contribution in [0.4, 0.5) is 4.79 Å². The molecule has 0 N–H and O–H groups in total. The number of piperidine rings is 1. The second kappa shape index (κ2) is 9.72. The van der Waals surface area contributed by atoms with Crippen LogP contribution in [-0.2, 0) is 21.4 Å². The second-order valence-corrected chi connectivity index (χ2v) is 12.4. The lowest BCUT2D eigenvalue weighted by Gasteiger charge is -2.37. The SMILES string of the molecule is CC(C)(C)c1ccc(CC(=O)C2CC3CCC(C2)N3C(=O)OCC2c3ccccc3-c3ccccc32)cc1. The predicted octanol–water partition coefficient (Wildman–Crippen LogP) is 7.29. The van der Waals surface area contributed by atoms with Crippen LogP contribution in [0.5, 0.6) is 0 Å². The molecule has 2 atom stereocenters. The molecule has 2 fully saturated rings. The Hall–Kier alpha value is -3.40. The lowest BCUT2D eigenvalue weighted by Crippen LogP contribution is -2.48. The molecule has 2 aliphatic heterocycles. The van der Waals surface area contributed by atoms with E-state index in [0.717, 1.165) is 31.2 Å². The Morgan fingerprint density at radius 2 is 1.37 bits per heavy atom. The van der Waals surface area contributed by atoms with Crippen molar-refractivity contribution in [2.45, 2.75) is 76.3 Å². The van der Waals surface area contributed by atoms with Crippen molar-refractivity contribution in [2.24, 2.45) is 5.92 Å². The number of ketones is 1. The van der Waals surface area contributed by atoms with Crippen molar-refractivity contribution >= 4 is 11.9 Å². The van der Waals surface area contributed by atoms with Crippen LogP contribution in [0, 0.1) is 5.92 Å². The largest absolute Gasteiger partial charge is 0.448 e. The molecule has 0 radical (unpaired) electrons. The van der Waals surface area contributed by atoms with E-state index in [1.165, 1.54) is 27.8 Å². The summed E-state index contributed by atoms with van der Waals surface area (Å²) in [6.45, 7) is 6.95. The Morgan fingerprint density at radius 1 is 0.816 bits per heavy atom. The molecule has 0 saturated carbocycles. The van der Waals surface area contributed by atoms with Gasteiger partial charge in [0.25, 0.3) is 0 Å². The lowest BCUT2D eigenvalue weighted by molar-refractivity contribution is -0.124. The number of nitrogens with zero attached hydrogens (tertiary/aromatic N) is 1. The summed E-state index contributed by atoms with van der Waals surface area (Å²) in [4.78, 5) is 28.5. The minimum Gasteiger partial charge on any atom is -0.448 e. The van der Waals surface area contributed by atoms with Gasteiger partial charge in [0.2, 0.25) is 0 Å². The van der Waals surface area contributed by atoms with E-state index in [9.17, 15) is 9.59 Å². The third-order valence-corrected chi connectivity index (χ3v) is 8.93. The summed E-state index contributed by atoms with van der Waals surface area (Å²) in [5, 5.41) is 0. The zero-order chi connectivity index (χ0) is 26.4. The highest BCUT2D eigenvalue weighted by molar-refractivity contribution is 5.84. The summed E-state index contributed by atoms with van der Waals surface area (Å²) < 4.78 is 5.99. The first kappa shape index (κ1) is 24.9. The molecule has 0 aromatic heterocycles. The highest BCUT2D eigenvalue weighted by Crippen LogP contribution is 2.45. The Labute approximate surface area is 226 Å². The van der Waals surface area contributed by atoms with E-state index in [2.05, 4.69) is 93.6 Å². The topological polar surface area (TPSA) is 46.6 Å². The molecular weight excluding hydrogens is 470 g/mol. The number of hydrogen-bond acceptors (Lipinski definition) is 3. The Morgan fingerprint density at radius 3 is 1.92 bits per heavy atom. The Balaban J connectivity index is 1.08. The van der Waals surface area contributed by atoms with E-state index in [4.69, 9.17) is 4.74 Å². The van der Waals surface area contributed by atoms with Crippen LogP contribution in [-0.4, -0.2) is 35.5 Å². The molecule has 6 rings (SSSR count).